The Labute approximate surface area is 169 Å². The number of rotatable bonds is 5. The SMILES string of the molecule is Cc1cc(F)c2c(c1)OCC(CNC(=O)c1n[nH]c(Cc3cccs3)n1)C(=O)N2. The molecular weight excluding hydrogens is 397 g/mol. The number of anilines is 1. The van der Waals surface area contributed by atoms with Crippen molar-refractivity contribution in [3.05, 3.63) is 57.6 Å². The zero-order valence-electron chi connectivity index (χ0n) is 15.5. The van der Waals surface area contributed by atoms with Gasteiger partial charge >= 0.3 is 0 Å². The van der Waals surface area contributed by atoms with Gasteiger partial charge in [0.1, 0.15) is 23.9 Å². The van der Waals surface area contributed by atoms with E-state index in [1.807, 2.05) is 17.5 Å². The molecule has 2 amide bonds. The molecule has 29 heavy (non-hydrogen) atoms. The maximum absolute atomic E-state index is 14.1. The van der Waals surface area contributed by atoms with E-state index in [1.54, 1.807) is 24.3 Å². The first-order valence-electron chi connectivity index (χ1n) is 8.95. The highest BCUT2D eigenvalue weighted by atomic mass is 32.1. The predicted octanol–water partition coefficient (Wildman–Crippen LogP) is 2.28. The molecule has 1 atom stereocenters. The van der Waals surface area contributed by atoms with Crippen LogP contribution < -0.4 is 15.4 Å². The van der Waals surface area contributed by atoms with Gasteiger partial charge in [-0.3, -0.25) is 14.7 Å². The van der Waals surface area contributed by atoms with Gasteiger partial charge in [-0.05, 0) is 36.1 Å². The van der Waals surface area contributed by atoms with Gasteiger partial charge in [0.2, 0.25) is 11.7 Å². The minimum atomic E-state index is -0.685. The van der Waals surface area contributed by atoms with Gasteiger partial charge in [-0.15, -0.1) is 16.4 Å². The monoisotopic (exact) mass is 415 g/mol. The molecule has 3 heterocycles. The van der Waals surface area contributed by atoms with Crippen LogP contribution in [0, 0.1) is 18.7 Å². The fourth-order valence-corrected chi connectivity index (χ4v) is 3.65. The number of H-pyrrole nitrogens is 1. The number of aromatic nitrogens is 3. The first-order chi connectivity index (χ1) is 14.0. The Kier molecular flexibility index (Phi) is 5.26. The summed E-state index contributed by atoms with van der Waals surface area (Å²) < 4.78 is 19.7. The predicted molar refractivity (Wildman–Crippen MR) is 105 cm³/mol. The molecule has 1 unspecified atom stereocenters. The maximum atomic E-state index is 14.1. The molecule has 150 valence electrons. The van der Waals surface area contributed by atoms with E-state index in [4.69, 9.17) is 4.74 Å². The highest BCUT2D eigenvalue weighted by Crippen LogP contribution is 2.32. The number of thiophene rings is 1. The third-order valence-electron chi connectivity index (χ3n) is 4.42. The number of amides is 2. The molecule has 0 saturated carbocycles. The molecule has 1 aromatic carbocycles. The molecule has 0 radical (unpaired) electrons. The van der Waals surface area contributed by atoms with Crippen LogP contribution in [0.5, 0.6) is 5.75 Å². The van der Waals surface area contributed by atoms with E-state index < -0.39 is 23.5 Å². The number of nitrogens with zero attached hydrogens (tertiary/aromatic N) is 2. The Morgan fingerprint density at radius 3 is 3.10 bits per heavy atom. The van der Waals surface area contributed by atoms with E-state index in [-0.39, 0.29) is 30.4 Å². The topological polar surface area (TPSA) is 109 Å². The van der Waals surface area contributed by atoms with Crippen molar-refractivity contribution in [2.75, 3.05) is 18.5 Å². The molecule has 0 aliphatic carbocycles. The minimum Gasteiger partial charge on any atom is -0.490 e. The zero-order chi connectivity index (χ0) is 20.4. The van der Waals surface area contributed by atoms with Crippen LogP contribution >= 0.6 is 11.3 Å². The number of ether oxygens (including phenoxy) is 1. The Morgan fingerprint density at radius 2 is 2.31 bits per heavy atom. The molecule has 1 aliphatic rings. The second kappa shape index (κ2) is 8.00. The maximum Gasteiger partial charge on any atom is 0.290 e. The second-order valence-corrected chi connectivity index (χ2v) is 7.72. The number of benzene rings is 1. The summed E-state index contributed by atoms with van der Waals surface area (Å²) in [5.74, 6) is -1.33. The van der Waals surface area contributed by atoms with Crippen molar-refractivity contribution < 1.29 is 18.7 Å². The number of hydrogen-bond acceptors (Lipinski definition) is 6. The van der Waals surface area contributed by atoms with Crippen LogP contribution in [-0.4, -0.2) is 40.1 Å². The van der Waals surface area contributed by atoms with Gasteiger partial charge < -0.3 is 15.4 Å². The zero-order valence-corrected chi connectivity index (χ0v) is 16.3. The van der Waals surface area contributed by atoms with Gasteiger partial charge in [0.25, 0.3) is 5.91 Å². The van der Waals surface area contributed by atoms with Gasteiger partial charge in [0.05, 0.1) is 5.92 Å². The van der Waals surface area contributed by atoms with Gasteiger partial charge in [-0.25, -0.2) is 9.37 Å². The Morgan fingerprint density at radius 1 is 1.45 bits per heavy atom. The first-order valence-corrected chi connectivity index (χ1v) is 9.83. The number of carbonyl (C=O) groups excluding carboxylic acids is 2. The summed E-state index contributed by atoms with van der Waals surface area (Å²) in [5, 5.41) is 13.8. The molecule has 0 fully saturated rings. The average molecular weight is 415 g/mol. The Bertz CT molecular complexity index is 1050. The molecule has 10 heteroatoms. The molecular formula is C19H18FN5O3S. The van der Waals surface area contributed by atoms with Crippen molar-refractivity contribution in [1.29, 1.82) is 0 Å². The summed E-state index contributed by atoms with van der Waals surface area (Å²) in [4.78, 5) is 30.0. The number of halogens is 1. The van der Waals surface area contributed by atoms with Crippen molar-refractivity contribution in [3.8, 4) is 5.75 Å². The first kappa shape index (κ1) is 19.1. The van der Waals surface area contributed by atoms with Crippen LogP contribution in [0.2, 0.25) is 0 Å². The standard InChI is InChI=1S/C19H18FN5O3S/c1-10-5-13(20)16-14(6-10)28-9-11(18(26)23-16)8-21-19(27)17-22-15(24-25-17)7-12-3-2-4-29-12/h2-6,11H,7-9H2,1H3,(H,21,27)(H,23,26)(H,22,24,25). The van der Waals surface area contributed by atoms with Crippen molar-refractivity contribution in [1.82, 2.24) is 20.5 Å². The lowest BCUT2D eigenvalue weighted by molar-refractivity contribution is -0.120. The van der Waals surface area contributed by atoms with E-state index in [0.717, 1.165) is 4.88 Å². The van der Waals surface area contributed by atoms with Gasteiger partial charge in [-0.1, -0.05) is 6.07 Å². The number of hydrogen-bond donors (Lipinski definition) is 3. The number of nitrogens with one attached hydrogen (secondary N) is 3. The van der Waals surface area contributed by atoms with Crippen molar-refractivity contribution in [3.63, 3.8) is 0 Å². The van der Waals surface area contributed by atoms with E-state index >= 15 is 0 Å². The van der Waals surface area contributed by atoms with Crippen molar-refractivity contribution >= 4 is 28.8 Å². The van der Waals surface area contributed by atoms with E-state index in [9.17, 15) is 14.0 Å². The van der Waals surface area contributed by atoms with Crippen molar-refractivity contribution in [2.24, 2.45) is 5.92 Å². The summed E-state index contributed by atoms with van der Waals surface area (Å²) in [7, 11) is 0. The van der Waals surface area contributed by atoms with Crippen LogP contribution in [0.4, 0.5) is 10.1 Å². The molecule has 2 aromatic heterocycles. The molecule has 3 aromatic rings. The lowest BCUT2D eigenvalue weighted by Crippen LogP contribution is -2.38. The molecule has 8 nitrogen and oxygen atoms in total. The highest BCUT2D eigenvalue weighted by molar-refractivity contribution is 7.09. The summed E-state index contributed by atoms with van der Waals surface area (Å²) in [6, 6.07) is 6.89. The Balaban J connectivity index is 1.36. The number of fused-ring (bicyclic) bond motifs is 1. The van der Waals surface area contributed by atoms with Gasteiger partial charge in [-0.2, -0.15) is 0 Å². The van der Waals surface area contributed by atoms with E-state index in [0.29, 0.717) is 17.8 Å². The van der Waals surface area contributed by atoms with Crippen LogP contribution in [-0.2, 0) is 11.2 Å². The van der Waals surface area contributed by atoms with Gasteiger partial charge in [0, 0.05) is 17.8 Å². The fraction of sp³-hybridized carbons (Fsp3) is 0.263. The molecule has 4 rings (SSSR count). The van der Waals surface area contributed by atoms with Gasteiger partial charge in [0.15, 0.2) is 5.82 Å². The quantitative estimate of drug-likeness (QED) is 0.592. The second-order valence-electron chi connectivity index (χ2n) is 6.69. The Hall–Kier alpha value is -3.27. The lowest BCUT2D eigenvalue weighted by atomic mass is 10.1. The number of aryl methyl sites for hydroxylation is 1. The summed E-state index contributed by atoms with van der Waals surface area (Å²) in [5.41, 5.74) is 0.701. The molecule has 1 aliphatic heterocycles. The molecule has 0 spiro atoms. The number of aromatic amines is 1. The van der Waals surface area contributed by atoms with Crippen LogP contribution in [0.15, 0.2) is 29.6 Å². The third-order valence-corrected chi connectivity index (χ3v) is 5.30. The third kappa shape index (κ3) is 4.27. The summed E-state index contributed by atoms with van der Waals surface area (Å²) in [6.07, 6.45) is 0.556. The average Bonchev–Trinajstić information content (AvgIpc) is 3.33. The molecule has 0 saturated heterocycles. The summed E-state index contributed by atoms with van der Waals surface area (Å²) in [6.45, 7) is 1.76. The van der Waals surface area contributed by atoms with E-state index in [2.05, 4.69) is 25.8 Å². The smallest absolute Gasteiger partial charge is 0.290 e. The fourth-order valence-electron chi connectivity index (χ4n) is 2.94. The minimum absolute atomic E-state index is 0.00328. The highest BCUT2D eigenvalue weighted by Gasteiger charge is 2.27. The lowest BCUT2D eigenvalue weighted by Gasteiger charge is -2.12. The summed E-state index contributed by atoms with van der Waals surface area (Å²) >= 11 is 1.59. The van der Waals surface area contributed by atoms with E-state index in [1.165, 1.54) is 6.07 Å². The van der Waals surface area contributed by atoms with Crippen LogP contribution in [0.3, 0.4) is 0 Å². The van der Waals surface area contributed by atoms with Crippen LogP contribution in [0.1, 0.15) is 26.9 Å². The normalized spacial score (nSPS) is 15.8. The largest absolute Gasteiger partial charge is 0.490 e. The van der Waals surface area contributed by atoms with Crippen molar-refractivity contribution in [2.45, 2.75) is 13.3 Å². The molecule has 3 N–H and O–H groups in total. The molecule has 0 bridgehead atoms. The van der Waals surface area contributed by atoms with Crippen LogP contribution in [0.25, 0.3) is 0 Å². The number of carbonyl (C=O) groups is 2.